The van der Waals surface area contributed by atoms with Crippen LogP contribution in [0.25, 0.3) is 0 Å². The van der Waals surface area contributed by atoms with E-state index in [-0.39, 0.29) is 11.9 Å². The third-order valence-electron chi connectivity index (χ3n) is 2.81. The highest BCUT2D eigenvalue weighted by molar-refractivity contribution is 5.79. The average Bonchev–Trinajstić information content (AvgIpc) is 2.69. The van der Waals surface area contributed by atoms with Crippen molar-refractivity contribution < 1.29 is 4.79 Å². The van der Waals surface area contributed by atoms with Crippen LogP contribution in [-0.2, 0) is 4.79 Å². The molecule has 17 heavy (non-hydrogen) atoms. The summed E-state index contributed by atoms with van der Waals surface area (Å²) in [6.07, 6.45) is 0.497. The predicted octanol–water partition coefficient (Wildman–Crippen LogP) is 0.436. The first-order valence-electron chi connectivity index (χ1n) is 5.66. The predicted molar refractivity (Wildman–Crippen MR) is 66.1 cm³/mol. The van der Waals surface area contributed by atoms with Crippen molar-refractivity contribution >= 4 is 17.5 Å². The Hall–Kier alpha value is -1.85. The van der Waals surface area contributed by atoms with Crippen LogP contribution in [0.3, 0.4) is 0 Å². The number of nitrogens with zero attached hydrogens (tertiary/aromatic N) is 2. The molecule has 6 heteroatoms. The third-order valence-corrected chi connectivity index (χ3v) is 2.81. The molecule has 0 aliphatic carbocycles. The fourth-order valence-electron chi connectivity index (χ4n) is 1.91. The third kappa shape index (κ3) is 2.46. The number of amides is 1. The molecule has 0 spiro atoms. The van der Waals surface area contributed by atoms with Crippen molar-refractivity contribution in [2.45, 2.75) is 26.3 Å². The van der Waals surface area contributed by atoms with Gasteiger partial charge in [-0.25, -0.2) is 9.97 Å². The molecule has 2 rings (SSSR count). The largest absolute Gasteiger partial charge is 0.373 e. The second-order valence-corrected chi connectivity index (χ2v) is 4.19. The lowest BCUT2D eigenvalue weighted by atomic mass is 10.2. The van der Waals surface area contributed by atoms with Crippen molar-refractivity contribution in [2.24, 2.45) is 0 Å². The first kappa shape index (κ1) is 11.6. The van der Waals surface area contributed by atoms with E-state index in [1.165, 1.54) is 0 Å². The minimum absolute atomic E-state index is 0.0831. The van der Waals surface area contributed by atoms with Crippen LogP contribution in [0, 0.1) is 13.8 Å². The van der Waals surface area contributed by atoms with Crippen LogP contribution >= 0.6 is 0 Å². The number of hydrogen-bond acceptors (Lipinski definition) is 5. The first-order valence-corrected chi connectivity index (χ1v) is 5.66. The Bertz CT molecular complexity index is 446. The van der Waals surface area contributed by atoms with Crippen molar-refractivity contribution in [2.75, 3.05) is 24.2 Å². The van der Waals surface area contributed by atoms with Crippen LogP contribution in [-0.4, -0.2) is 35.5 Å². The van der Waals surface area contributed by atoms with Gasteiger partial charge >= 0.3 is 0 Å². The van der Waals surface area contributed by atoms with E-state index in [9.17, 15) is 4.79 Å². The summed E-state index contributed by atoms with van der Waals surface area (Å²) in [6.45, 7) is 4.46. The first-order chi connectivity index (χ1) is 8.10. The summed E-state index contributed by atoms with van der Waals surface area (Å²) in [4.78, 5) is 19.8. The molecule has 0 aromatic carbocycles. The molecule has 1 amide bonds. The van der Waals surface area contributed by atoms with Gasteiger partial charge in [0.1, 0.15) is 17.5 Å². The Kier molecular flexibility index (Phi) is 3.12. The maximum Gasteiger partial charge on any atom is 0.222 e. The van der Waals surface area contributed by atoms with Gasteiger partial charge in [0.25, 0.3) is 0 Å². The molecule has 1 atom stereocenters. The molecule has 6 nitrogen and oxygen atoms in total. The van der Waals surface area contributed by atoms with Crippen molar-refractivity contribution in [3.63, 3.8) is 0 Å². The smallest absolute Gasteiger partial charge is 0.222 e. The number of aryl methyl sites for hydroxylation is 1. The molecular weight excluding hydrogens is 218 g/mol. The van der Waals surface area contributed by atoms with Crippen LogP contribution in [0.2, 0.25) is 0 Å². The average molecular weight is 235 g/mol. The lowest BCUT2D eigenvalue weighted by molar-refractivity contribution is -0.119. The Morgan fingerprint density at radius 1 is 1.29 bits per heavy atom. The molecule has 1 aromatic heterocycles. The molecule has 1 unspecified atom stereocenters. The number of rotatable bonds is 3. The number of carbonyl (C=O) groups excluding carboxylic acids is 1. The fourth-order valence-corrected chi connectivity index (χ4v) is 1.91. The summed E-state index contributed by atoms with van der Waals surface area (Å²) in [5.74, 6) is 2.40. The van der Waals surface area contributed by atoms with E-state index in [1.807, 2.05) is 20.9 Å². The van der Waals surface area contributed by atoms with E-state index < -0.39 is 0 Å². The Morgan fingerprint density at radius 2 is 2.00 bits per heavy atom. The second kappa shape index (κ2) is 4.57. The number of aromatic nitrogens is 2. The zero-order valence-electron chi connectivity index (χ0n) is 10.3. The number of hydrogen-bond donors (Lipinski definition) is 3. The normalized spacial score (nSPS) is 19.0. The van der Waals surface area contributed by atoms with Crippen molar-refractivity contribution in [3.05, 3.63) is 11.4 Å². The highest BCUT2D eigenvalue weighted by Crippen LogP contribution is 2.21. The van der Waals surface area contributed by atoms with Crippen molar-refractivity contribution in [1.82, 2.24) is 15.3 Å². The van der Waals surface area contributed by atoms with Gasteiger partial charge in [-0.15, -0.1) is 0 Å². The van der Waals surface area contributed by atoms with Gasteiger partial charge in [-0.2, -0.15) is 0 Å². The van der Waals surface area contributed by atoms with Gasteiger partial charge in [0.15, 0.2) is 0 Å². The lowest BCUT2D eigenvalue weighted by Crippen LogP contribution is -2.24. The van der Waals surface area contributed by atoms with E-state index in [1.54, 1.807) is 0 Å². The molecule has 1 aromatic rings. The van der Waals surface area contributed by atoms with Gasteiger partial charge < -0.3 is 16.0 Å². The van der Waals surface area contributed by atoms with Crippen molar-refractivity contribution in [3.8, 4) is 0 Å². The van der Waals surface area contributed by atoms with E-state index in [0.29, 0.717) is 18.8 Å². The zero-order valence-corrected chi connectivity index (χ0v) is 10.3. The second-order valence-electron chi connectivity index (χ2n) is 4.19. The minimum atomic E-state index is 0.0831. The quantitative estimate of drug-likeness (QED) is 0.708. The van der Waals surface area contributed by atoms with E-state index in [4.69, 9.17) is 0 Å². The van der Waals surface area contributed by atoms with Crippen LogP contribution in [0.4, 0.5) is 11.6 Å². The molecule has 1 aliphatic heterocycles. The Labute approximate surface area is 100 Å². The standard InChI is InChI=1S/C11H17N5O/c1-6-10(12-3)14-7(2)15-11(6)16-8-4-9(17)13-5-8/h8H,4-5H2,1-3H3,(H,13,17)(H2,12,14,15,16). The van der Waals surface area contributed by atoms with Gasteiger partial charge in [-0.1, -0.05) is 0 Å². The number of nitrogens with one attached hydrogen (secondary N) is 3. The highest BCUT2D eigenvalue weighted by atomic mass is 16.1. The van der Waals surface area contributed by atoms with Crippen LogP contribution in [0.5, 0.6) is 0 Å². The molecule has 0 radical (unpaired) electrons. The fraction of sp³-hybridized carbons (Fsp3) is 0.545. The summed E-state index contributed by atoms with van der Waals surface area (Å²) >= 11 is 0. The molecule has 1 fully saturated rings. The van der Waals surface area contributed by atoms with E-state index >= 15 is 0 Å². The molecule has 2 heterocycles. The van der Waals surface area contributed by atoms with Crippen LogP contribution < -0.4 is 16.0 Å². The minimum Gasteiger partial charge on any atom is -0.373 e. The molecule has 0 saturated carbocycles. The molecule has 0 bridgehead atoms. The summed E-state index contributed by atoms with van der Waals surface area (Å²) in [5, 5.41) is 9.11. The van der Waals surface area contributed by atoms with Gasteiger partial charge in [-0.05, 0) is 13.8 Å². The maximum absolute atomic E-state index is 11.1. The molecule has 1 aliphatic rings. The molecule has 3 N–H and O–H groups in total. The van der Waals surface area contributed by atoms with Crippen molar-refractivity contribution in [1.29, 1.82) is 0 Å². The number of anilines is 2. The molecule has 1 saturated heterocycles. The topological polar surface area (TPSA) is 78.9 Å². The van der Waals surface area contributed by atoms with Crippen LogP contribution in [0.15, 0.2) is 0 Å². The van der Waals surface area contributed by atoms with E-state index in [0.717, 1.165) is 17.2 Å². The SMILES string of the molecule is CNc1nc(C)nc(NC2CNC(=O)C2)c1C. The molecular formula is C11H17N5O. The zero-order chi connectivity index (χ0) is 12.4. The lowest BCUT2D eigenvalue weighted by Gasteiger charge is -2.15. The Morgan fingerprint density at radius 3 is 2.59 bits per heavy atom. The summed E-state index contributed by atoms with van der Waals surface area (Å²) in [5.41, 5.74) is 0.970. The summed E-state index contributed by atoms with van der Waals surface area (Å²) in [6, 6.07) is 0.111. The summed E-state index contributed by atoms with van der Waals surface area (Å²) in [7, 11) is 1.83. The van der Waals surface area contributed by atoms with Gasteiger partial charge in [0, 0.05) is 25.6 Å². The maximum atomic E-state index is 11.1. The van der Waals surface area contributed by atoms with Gasteiger partial charge in [-0.3, -0.25) is 4.79 Å². The highest BCUT2D eigenvalue weighted by Gasteiger charge is 2.22. The van der Waals surface area contributed by atoms with Gasteiger partial charge in [0.2, 0.25) is 5.91 Å². The Balaban J connectivity index is 2.20. The number of carbonyl (C=O) groups is 1. The molecule has 92 valence electrons. The van der Waals surface area contributed by atoms with E-state index in [2.05, 4.69) is 25.9 Å². The monoisotopic (exact) mass is 235 g/mol. The summed E-state index contributed by atoms with van der Waals surface area (Å²) < 4.78 is 0. The van der Waals surface area contributed by atoms with Crippen LogP contribution in [0.1, 0.15) is 17.8 Å². The van der Waals surface area contributed by atoms with Gasteiger partial charge in [0.05, 0.1) is 6.04 Å².